The molecule has 6 nitrogen and oxygen atoms in total. The van der Waals surface area contributed by atoms with E-state index in [2.05, 4.69) is 9.97 Å². The standard InChI is InChI=1S/C8H10N2O4/c11-8(12)5-3-9-7(10-5)6-4-13-1-2-14-6/h3,6H,1-2,4H2,(H,9,10)(H,11,12). The summed E-state index contributed by atoms with van der Waals surface area (Å²) in [5, 5.41) is 8.65. The zero-order chi connectivity index (χ0) is 9.97. The average molecular weight is 198 g/mol. The van der Waals surface area contributed by atoms with Gasteiger partial charge in [-0.2, -0.15) is 0 Å². The Labute approximate surface area is 79.9 Å². The lowest BCUT2D eigenvalue weighted by molar-refractivity contribution is -0.0932. The first-order chi connectivity index (χ1) is 6.77. The normalized spacial score (nSPS) is 22.1. The number of hydrogen-bond acceptors (Lipinski definition) is 4. The zero-order valence-electron chi connectivity index (χ0n) is 7.40. The van der Waals surface area contributed by atoms with Gasteiger partial charge >= 0.3 is 5.97 Å². The Balaban J connectivity index is 2.11. The van der Waals surface area contributed by atoms with Gasteiger partial charge in [0.25, 0.3) is 0 Å². The van der Waals surface area contributed by atoms with Gasteiger partial charge in [-0.05, 0) is 0 Å². The Morgan fingerprint density at radius 3 is 3.07 bits per heavy atom. The van der Waals surface area contributed by atoms with E-state index in [-0.39, 0.29) is 11.8 Å². The number of carboxylic acid groups (broad SMARTS) is 1. The number of H-pyrrole nitrogens is 1. The molecular formula is C8H10N2O4. The van der Waals surface area contributed by atoms with Gasteiger partial charge in [0.05, 0.1) is 26.0 Å². The number of nitrogens with zero attached hydrogens (tertiary/aromatic N) is 1. The molecule has 14 heavy (non-hydrogen) atoms. The summed E-state index contributed by atoms with van der Waals surface area (Å²) in [7, 11) is 0. The minimum Gasteiger partial charge on any atom is -0.477 e. The monoisotopic (exact) mass is 198 g/mol. The SMILES string of the molecule is O=C(O)c1cnc(C2COCCO2)[nH]1. The van der Waals surface area contributed by atoms with Gasteiger partial charge in [0.15, 0.2) is 0 Å². The van der Waals surface area contributed by atoms with Gasteiger partial charge in [-0.25, -0.2) is 9.78 Å². The molecule has 0 spiro atoms. The van der Waals surface area contributed by atoms with Crippen molar-refractivity contribution in [2.24, 2.45) is 0 Å². The Kier molecular flexibility index (Phi) is 2.47. The first-order valence-electron chi connectivity index (χ1n) is 4.25. The summed E-state index contributed by atoms with van der Waals surface area (Å²) in [5.41, 5.74) is 0.0640. The van der Waals surface area contributed by atoms with E-state index >= 15 is 0 Å². The number of carbonyl (C=O) groups is 1. The van der Waals surface area contributed by atoms with Crippen molar-refractivity contribution in [2.45, 2.75) is 6.10 Å². The van der Waals surface area contributed by atoms with Crippen LogP contribution in [-0.4, -0.2) is 40.9 Å². The predicted molar refractivity (Wildman–Crippen MR) is 45.1 cm³/mol. The van der Waals surface area contributed by atoms with Crippen molar-refractivity contribution < 1.29 is 19.4 Å². The van der Waals surface area contributed by atoms with Crippen molar-refractivity contribution in [1.82, 2.24) is 9.97 Å². The van der Waals surface area contributed by atoms with Gasteiger partial charge in [0.1, 0.15) is 17.6 Å². The van der Waals surface area contributed by atoms with Gasteiger partial charge in [-0.3, -0.25) is 0 Å². The topological polar surface area (TPSA) is 84.4 Å². The number of aromatic nitrogens is 2. The second-order valence-electron chi connectivity index (χ2n) is 2.92. The summed E-state index contributed by atoms with van der Waals surface area (Å²) in [6, 6.07) is 0. The number of aromatic amines is 1. The number of imidazole rings is 1. The molecule has 2 N–H and O–H groups in total. The van der Waals surface area contributed by atoms with Crippen LogP contribution in [-0.2, 0) is 9.47 Å². The van der Waals surface area contributed by atoms with Crippen molar-refractivity contribution in [3.8, 4) is 0 Å². The Morgan fingerprint density at radius 2 is 2.50 bits per heavy atom. The van der Waals surface area contributed by atoms with E-state index in [0.717, 1.165) is 0 Å². The van der Waals surface area contributed by atoms with Crippen molar-refractivity contribution in [2.75, 3.05) is 19.8 Å². The van der Waals surface area contributed by atoms with Crippen LogP contribution in [0.15, 0.2) is 6.20 Å². The van der Waals surface area contributed by atoms with Gasteiger partial charge < -0.3 is 19.6 Å². The van der Waals surface area contributed by atoms with Crippen LogP contribution in [0, 0.1) is 0 Å². The molecule has 0 aromatic carbocycles. The summed E-state index contributed by atoms with van der Waals surface area (Å²) in [5.74, 6) is -0.525. The molecule has 0 bridgehead atoms. The first kappa shape index (κ1) is 9.17. The van der Waals surface area contributed by atoms with Crippen LogP contribution < -0.4 is 0 Å². The number of nitrogens with one attached hydrogen (secondary N) is 1. The molecule has 1 fully saturated rings. The van der Waals surface area contributed by atoms with Crippen LogP contribution in [0.1, 0.15) is 22.4 Å². The van der Waals surface area contributed by atoms with Crippen LogP contribution in [0.3, 0.4) is 0 Å². The Bertz CT molecular complexity index is 330. The molecule has 0 aliphatic carbocycles. The predicted octanol–water partition coefficient (Wildman–Crippen LogP) is 0.196. The smallest absolute Gasteiger partial charge is 0.353 e. The highest BCUT2D eigenvalue weighted by Gasteiger charge is 2.20. The maximum Gasteiger partial charge on any atom is 0.353 e. The van der Waals surface area contributed by atoms with Gasteiger partial charge in [0.2, 0.25) is 0 Å². The quantitative estimate of drug-likeness (QED) is 0.708. The third kappa shape index (κ3) is 1.75. The van der Waals surface area contributed by atoms with E-state index in [1.807, 2.05) is 0 Å². The maximum absolute atomic E-state index is 10.6. The lowest BCUT2D eigenvalue weighted by atomic mass is 10.3. The van der Waals surface area contributed by atoms with Crippen molar-refractivity contribution in [3.63, 3.8) is 0 Å². The summed E-state index contributed by atoms with van der Waals surface area (Å²) >= 11 is 0. The molecule has 1 aliphatic heterocycles. The molecule has 1 atom stereocenters. The maximum atomic E-state index is 10.6. The van der Waals surface area contributed by atoms with Crippen LogP contribution in [0.5, 0.6) is 0 Å². The van der Waals surface area contributed by atoms with Crippen LogP contribution in [0.25, 0.3) is 0 Å². The zero-order valence-corrected chi connectivity index (χ0v) is 7.40. The van der Waals surface area contributed by atoms with E-state index < -0.39 is 5.97 Å². The minimum absolute atomic E-state index is 0.0640. The van der Waals surface area contributed by atoms with E-state index in [1.54, 1.807) is 0 Å². The summed E-state index contributed by atoms with van der Waals surface area (Å²) in [4.78, 5) is 17.1. The molecular weight excluding hydrogens is 188 g/mol. The number of ether oxygens (including phenoxy) is 2. The second-order valence-corrected chi connectivity index (χ2v) is 2.92. The van der Waals surface area contributed by atoms with Crippen molar-refractivity contribution in [3.05, 3.63) is 17.7 Å². The molecule has 1 aromatic rings. The van der Waals surface area contributed by atoms with Crippen LogP contribution in [0.2, 0.25) is 0 Å². The largest absolute Gasteiger partial charge is 0.477 e. The lowest BCUT2D eigenvalue weighted by Gasteiger charge is -2.20. The number of hydrogen-bond donors (Lipinski definition) is 2. The molecule has 0 radical (unpaired) electrons. The fourth-order valence-corrected chi connectivity index (χ4v) is 1.25. The molecule has 1 unspecified atom stereocenters. The molecule has 1 aliphatic rings. The highest BCUT2D eigenvalue weighted by Crippen LogP contribution is 2.17. The molecule has 1 saturated heterocycles. The highest BCUT2D eigenvalue weighted by atomic mass is 16.6. The van der Waals surface area contributed by atoms with Gasteiger partial charge in [0, 0.05) is 0 Å². The Morgan fingerprint density at radius 1 is 1.64 bits per heavy atom. The van der Waals surface area contributed by atoms with Crippen LogP contribution >= 0.6 is 0 Å². The molecule has 6 heteroatoms. The third-order valence-electron chi connectivity index (χ3n) is 1.95. The van der Waals surface area contributed by atoms with Gasteiger partial charge in [-0.15, -0.1) is 0 Å². The van der Waals surface area contributed by atoms with E-state index in [1.165, 1.54) is 6.20 Å². The minimum atomic E-state index is -1.03. The fraction of sp³-hybridized carbons (Fsp3) is 0.500. The molecule has 1 aromatic heterocycles. The number of aromatic carboxylic acids is 1. The number of carboxylic acids is 1. The Hall–Kier alpha value is -1.40. The van der Waals surface area contributed by atoms with Crippen molar-refractivity contribution >= 4 is 5.97 Å². The lowest BCUT2D eigenvalue weighted by Crippen LogP contribution is -2.22. The van der Waals surface area contributed by atoms with E-state index in [0.29, 0.717) is 25.6 Å². The molecule has 2 heterocycles. The average Bonchev–Trinajstić information content (AvgIpc) is 2.68. The van der Waals surface area contributed by atoms with E-state index in [9.17, 15) is 4.79 Å². The second kappa shape index (κ2) is 3.77. The summed E-state index contributed by atoms with van der Waals surface area (Å²) < 4.78 is 10.5. The summed E-state index contributed by atoms with van der Waals surface area (Å²) in [6.45, 7) is 1.49. The van der Waals surface area contributed by atoms with E-state index in [4.69, 9.17) is 14.6 Å². The molecule has 76 valence electrons. The van der Waals surface area contributed by atoms with Crippen LogP contribution in [0.4, 0.5) is 0 Å². The number of rotatable bonds is 2. The fourth-order valence-electron chi connectivity index (χ4n) is 1.25. The third-order valence-corrected chi connectivity index (χ3v) is 1.95. The first-order valence-corrected chi connectivity index (χ1v) is 4.25. The molecule has 2 rings (SSSR count). The summed E-state index contributed by atoms with van der Waals surface area (Å²) in [6.07, 6.45) is 0.993. The van der Waals surface area contributed by atoms with Gasteiger partial charge in [-0.1, -0.05) is 0 Å². The van der Waals surface area contributed by atoms with Crippen molar-refractivity contribution in [1.29, 1.82) is 0 Å². The molecule has 0 amide bonds. The highest BCUT2D eigenvalue weighted by molar-refractivity contribution is 5.85. The molecule has 0 saturated carbocycles.